The van der Waals surface area contributed by atoms with Crippen LogP contribution in [0.15, 0.2) is 231 Å². The number of hydrogen-bond donors (Lipinski definition) is 0. The molecule has 78 heavy (non-hydrogen) atoms. The first-order valence-electron chi connectivity index (χ1n) is 28.0. The molecular weight excluding hydrogens is 945 g/mol. The molecule has 0 fully saturated rings. The van der Waals surface area contributed by atoms with Gasteiger partial charge in [0.25, 0.3) is 0 Å². The van der Waals surface area contributed by atoms with E-state index in [1.54, 1.807) is 0 Å². The van der Waals surface area contributed by atoms with Gasteiger partial charge in [0.2, 0.25) is 0 Å². The van der Waals surface area contributed by atoms with Crippen molar-refractivity contribution < 1.29 is 0 Å². The van der Waals surface area contributed by atoms with Crippen LogP contribution >= 0.6 is 0 Å². The lowest BCUT2D eigenvalue weighted by atomic mass is 9.97. The van der Waals surface area contributed by atoms with E-state index in [1.807, 2.05) is 0 Å². The lowest BCUT2D eigenvalue weighted by Crippen LogP contribution is -2.12. The molecule has 0 saturated heterocycles. The van der Waals surface area contributed by atoms with Crippen molar-refractivity contribution in [3.05, 3.63) is 253 Å². The molecule has 4 heterocycles. The molecule has 0 bridgehead atoms. The second-order valence-corrected chi connectivity index (χ2v) is 21.2. The Morgan fingerprint density at radius 2 is 0.641 bits per heavy atom. The van der Waals surface area contributed by atoms with Gasteiger partial charge in [-0.2, -0.15) is 0 Å². The SMILES string of the molecule is CCc1ccc(N(c2ccc(CC)cc2-c2ccccc2)c2ccc3c4cc5c(cc4n4c6ccccc6c2c34)c2ccc(N(c3ccc(CC)cc3)c3ccc(CC)cc3-c3ccccc3)c3c4ccccc4n5c23)cc1. The predicted molar refractivity (Wildman–Crippen MR) is 334 cm³/mol. The maximum absolute atomic E-state index is 2.57. The van der Waals surface area contributed by atoms with Crippen molar-refractivity contribution in [3.8, 4) is 22.3 Å². The average molecular weight is 1000 g/mol. The summed E-state index contributed by atoms with van der Waals surface area (Å²) < 4.78 is 5.14. The van der Waals surface area contributed by atoms with Crippen molar-refractivity contribution in [2.45, 2.75) is 53.4 Å². The van der Waals surface area contributed by atoms with E-state index in [2.05, 4.69) is 277 Å². The summed E-state index contributed by atoms with van der Waals surface area (Å²) in [6.07, 6.45) is 3.90. The Morgan fingerprint density at radius 3 is 1.04 bits per heavy atom. The monoisotopic (exact) mass is 1000 g/mol. The van der Waals surface area contributed by atoms with E-state index in [1.165, 1.54) is 132 Å². The normalized spacial score (nSPS) is 12.1. The number of nitrogens with zero attached hydrogens (tertiary/aromatic N) is 4. The summed E-state index contributed by atoms with van der Waals surface area (Å²) in [6.45, 7) is 8.96. The third-order valence-corrected chi connectivity index (χ3v) is 17.0. The number of hydrogen-bond acceptors (Lipinski definition) is 2. The minimum Gasteiger partial charge on any atom is -0.309 e. The van der Waals surface area contributed by atoms with E-state index in [4.69, 9.17) is 0 Å². The summed E-state index contributed by atoms with van der Waals surface area (Å²) in [7, 11) is 0. The maximum atomic E-state index is 2.57. The molecule has 0 aliphatic rings. The van der Waals surface area contributed by atoms with Gasteiger partial charge in [0.15, 0.2) is 0 Å². The predicted octanol–water partition coefficient (Wildman–Crippen LogP) is 20.5. The summed E-state index contributed by atoms with van der Waals surface area (Å²) >= 11 is 0. The topological polar surface area (TPSA) is 15.3 Å². The summed E-state index contributed by atoms with van der Waals surface area (Å²) in [5.41, 5.74) is 24.4. The molecule has 0 aliphatic heterocycles. The summed E-state index contributed by atoms with van der Waals surface area (Å²) in [5, 5.41) is 10.0. The molecule has 0 atom stereocenters. The smallest absolute Gasteiger partial charge is 0.0641 e. The van der Waals surface area contributed by atoms with Gasteiger partial charge in [-0.25, -0.2) is 0 Å². The van der Waals surface area contributed by atoms with Crippen LogP contribution in [-0.2, 0) is 25.7 Å². The second-order valence-electron chi connectivity index (χ2n) is 21.2. The van der Waals surface area contributed by atoms with Gasteiger partial charge in [-0.05, 0) is 144 Å². The van der Waals surface area contributed by atoms with E-state index < -0.39 is 0 Å². The molecule has 4 heteroatoms. The number of rotatable bonds is 12. The number of para-hydroxylation sites is 2. The van der Waals surface area contributed by atoms with E-state index in [-0.39, 0.29) is 0 Å². The fraction of sp³-hybridized carbons (Fsp3) is 0.108. The summed E-state index contributed by atoms with van der Waals surface area (Å²) in [5.74, 6) is 0. The highest BCUT2D eigenvalue weighted by atomic mass is 15.2. The van der Waals surface area contributed by atoms with Crippen LogP contribution in [0, 0.1) is 0 Å². The van der Waals surface area contributed by atoms with Crippen LogP contribution in [0.4, 0.5) is 34.1 Å². The second kappa shape index (κ2) is 18.1. The fourth-order valence-corrected chi connectivity index (χ4v) is 13.1. The zero-order valence-electron chi connectivity index (χ0n) is 44.6. The van der Waals surface area contributed by atoms with Crippen LogP contribution < -0.4 is 9.80 Å². The zero-order chi connectivity index (χ0) is 52.2. The van der Waals surface area contributed by atoms with E-state index in [9.17, 15) is 0 Å². The lowest BCUT2D eigenvalue weighted by molar-refractivity contribution is 1.13. The Hall–Kier alpha value is -9.38. The third kappa shape index (κ3) is 6.85. The molecule has 0 radical (unpaired) electrons. The molecule has 0 aliphatic carbocycles. The molecule has 374 valence electrons. The van der Waals surface area contributed by atoms with E-state index in [0.717, 1.165) is 48.4 Å². The Balaban J connectivity index is 1.00. The van der Waals surface area contributed by atoms with Gasteiger partial charge < -0.3 is 18.6 Å². The van der Waals surface area contributed by atoms with E-state index >= 15 is 0 Å². The van der Waals surface area contributed by atoms with Gasteiger partial charge in [-0.3, -0.25) is 0 Å². The lowest BCUT2D eigenvalue weighted by Gasteiger charge is -2.29. The van der Waals surface area contributed by atoms with Crippen molar-refractivity contribution in [2.24, 2.45) is 0 Å². The van der Waals surface area contributed by atoms with Crippen molar-refractivity contribution in [3.63, 3.8) is 0 Å². The Kier molecular flexibility index (Phi) is 10.7. The van der Waals surface area contributed by atoms with Gasteiger partial charge in [-0.1, -0.05) is 173 Å². The van der Waals surface area contributed by atoms with Crippen LogP contribution in [0.2, 0.25) is 0 Å². The molecule has 15 rings (SSSR count). The Labute approximate surface area is 454 Å². The molecule has 0 spiro atoms. The minimum absolute atomic E-state index is 0.963. The zero-order valence-corrected chi connectivity index (χ0v) is 44.6. The first-order chi connectivity index (χ1) is 38.5. The molecule has 4 aromatic heterocycles. The Morgan fingerprint density at radius 1 is 0.282 bits per heavy atom. The first-order valence-corrected chi connectivity index (χ1v) is 28.0. The standard InChI is InChI=1S/C74H58N4/c1-5-47-27-33-53(34-28-47)75(65-39-31-49(7-3)43-59(65)51-19-11-9-12-20-51)67-41-37-55-61-45-70-62(46-69(61)77-63-25-17-15-23-57(63)71(67)73(55)77)56-38-42-68(72-58-24-16-18-26-64(58)78(70)74(56)72)76(54-35-29-48(6-2)30-36-54)66-40-32-50(8-4)44-60(66)52-21-13-10-14-22-52/h9-46H,5-8H2,1-4H3. The highest BCUT2D eigenvalue weighted by molar-refractivity contribution is 6.32. The minimum atomic E-state index is 0.963. The third-order valence-electron chi connectivity index (χ3n) is 17.0. The molecule has 11 aromatic carbocycles. The van der Waals surface area contributed by atoms with Crippen molar-refractivity contribution in [2.75, 3.05) is 9.80 Å². The first kappa shape index (κ1) is 46.0. The molecule has 4 nitrogen and oxygen atoms in total. The molecule has 15 aromatic rings. The summed E-state index contributed by atoms with van der Waals surface area (Å²) in [4.78, 5) is 5.05. The number of fused-ring (bicyclic) bond motifs is 12. The quantitative estimate of drug-likeness (QED) is 0.121. The van der Waals surface area contributed by atoms with Gasteiger partial charge in [-0.15, -0.1) is 0 Å². The fourth-order valence-electron chi connectivity index (χ4n) is 13.1. The molecular formula is C74H58N4. The van der Waals surface area contributed by atoms with Crippen molar-refractivity contribution in [1.82, 2.24) is 8.80 Å². The number of aromatic nitrogens is 2. The molecule has 0 amide bonds. The van der Waals surface area contributed by atoms with Crippen LogP contribution in [0.25, 0.3) is 98.4 Å². The van der Waals surface area contributed by atoms with Gasteiger partial charge in [0, 0.05) is 65.6 Å². The van der Waals surface area contributed by atoms with Crippen LogP contribution in [0.3, 0.4) is 0 Å². The summed E-state index contributed by atoms with van der Waals surface area (Å²) in [6, 6.07) is 87.2. The highest BCUT2D eigenvalue weighted by Gasteiger charge is 2.29. The van der Waals surface area contributed by atoms with Crippen molar-refractivity contribution >= 4 is 110 Å². The van der Waals surface area contributed by atoms with Gasteiger partial charge >= 0.3 is 0 Å². The molecule has 0 N–H and O–H groups in total. The average Bonchev–Trinajstić information content (AvgIpc) is 3.33. The van der Waals surface area contributed by atoms with Gasteiger partial charge in [0.05, 0.1) is 55.8 Å². The maximum Gasteiger partial charge on any atom is 0.0641 e. The largest absolute Gasteiger partial charge is 0.309 e. The number of aryl methyl sites for hydroxylation is 4. The molecule has 0 saturated carbocycles. The number of anilines is 6. The van der Waals surface area contributed by atoms with E-state index in [0.29, 0.717) is 0 Å². The van der Waals surface area contributed by atoms with Crippen LogP contribution in [0.1, 0.15) is 49.9 Å². The van der Waals surface area contributed by atoms with Crippen LogP contribution in [0.5, 0.6) is 0 Å². The number of benzene rings is 11. The molecule has 0 unspecified atom stereocenters. The Bertz CT molecular complexity index is 4450. The van der Waals surface area contributed by atoms with Crippen molar-refractivity contribution in [1.29, 1.82) is 0 Å². The highest BCUT2D eigenvalue weighted by Crippen LogP contribution is 2.53. The van der Waals surface area contributed by atoms with Crippen LogP contribution in [-0.4, -0.2) is 8.80 Å². The van der Waals surface area contributed by atoms with Gasteiger partial charge in [0.1, 0.15) is 0 Å².